The third-order valence-electron chi connectivity index (χ3n) is 3.84. The van der Waals surface area contributed by atoms with Gasteiger partial charge in [0, 0.05) is 45.6 Å². The Bertz CT molecular complexity index is 644. The number of halogens is 1. The molecule has 1 aliphatic rings. The molecule has 2 aromatic rings. The first-order chi connectivity index (χ1) is 10.1. The highest BCUT2D eigenvalue weighted by Crippen LogP contribution is 2.20. The number of hydrogen-bond donors (Lipinski definition) is 0. The predicted octanol–water partition coefficient (Wildman–Crippen LogP) is 2.13. The molecule has 0 unspecified atom stereocenters. The van der Waals surface area contributed by atoms with Gasteiger partial charge in [0.25, 0.3) is 5.91 Å². The third-order valence-corrected chi connectivity index (χ3v) is 3.84. The van der Waals surface area contributed by atoms with Gasteiger partial charge in [-0.05, 0) is 18.2 Å². The molecular weight excluding hydrogens is 269 g/mol. The molecule has 1 aromatic heterocycles. The standard InChI is InChI=1S/C16H18FN3O/c1-18-7-6-13(12-18)16(21)20-10-8-19(9-11-20)15-5-3-2-4-14(15)17/h2-7,12H,8-11H2,1H3. The van der Waals surface area contributed by atoms with Crippen molar-refractivity contribution in [2.24, 2.45) is 7.05 Å². The van der Waals surface area contributed by atoms with E-state index in [1.54, 1.807) is 12.1 Å². The second-order valence-electron chi connectivity index (χ2n) is 5.30. The summed E-state index contributed by atoms with van der Waals surface area (Å²) in [5.41, 5.74) is 1.32. The number of amides is 1. The lowest BCUT2D eigenvalue weighted by atomic mass is 10.2. The van der Waals surface area contributed by atoms with Crippen molar-refractivity contribution in [3.05, 3.63) is 54.1 Å². The Morgan fingerprint density at radius 3 is 2.43 bits per heavy atom. The third kappa shape index (κ3) is 2.77. The molecule has 0 N–H and O–H groups in total. The van der Waals surface area contributed by atoms with Gasteiger partial charge in [0.1, 0.15) is 5.82 Å². The molecule has 0 radical (unpaired) electrons. The average molecular weight is 287 g/mol. The predicted molar refractivity (Wildman–Crippen MR) is 79.9 cm³/mol. The summed E-state index contributed by atoms with van der Waals surface area (Å²) >= 11 is 0. The van der Waals surface area contributed by atoms with Gasteiger partial charge in [-0.3, -0.25) is 4.79 Å². The highest BCUT2D eigenvalue weighted by atomic mass is 19.1. The summed E-state index contributed by atoms with van der Waals surface area (Å²) in [7, 11) is 1.90. The molecule has 0 aliphatic carbocycles. The van der Waals surface area contributed by atoms with Crippen LogP contribution in [0.5, 0.6) is 0 Å². The minimum absolute atomic E-state index is 0.0452. The van der Waals surface area contributed by atoms with Crippen molar-refractivity contribution in [3.8, 4) is 0 Å². The van der Waals surface area contributed by atoms with Gasteiger partial charge in [0.2, 0.25) is 0 Å². The maximum atomic E-state index is 13.8. The van der Waals surface area contributed by atoms with E-state index in [0.717, 1.165) is 0 Å². The molecule has 3 rings (SSSR count). The van der Waals surface area contributed by atoms with Gasteiger partial charge >= 0.3 is 0 Å². The zero-order valence-electron chi connectivity index (χ0n) is 12.0. The van der Waals surface area contributed by atoms with Gasteiger partial charge in [0.15, 0.2) is 0 Å². The van der Waals surface area contributed by atoms with Crippen LogP contribution in [-0.4, -0.2) is 41.6 Å². The SMILES string of the molecule is Cn1ccc(C(=O)N2CCN(c3ccccc3F)CC2)c1. The first kappa shape index (κ1) is 13.7. The summed E-state index contributed by atoms with van der Waals surface area (Å²) in [5, 5.41) is 0. The molecule has 4 nitrogen and oxygen atoms in total. The van der Waals surface area contributed by atoms with Crippen LogP contribution < -0.4 is 4.90 Å². The second kappa shape index (κ2) is 5.60. The summed E-state index contributed by atoms with van der Waals surface area (Å²) in [6, 6.07) is 8.60. The molecule has 21 heavy (non-hydrogen) atoms. The van der Waals surface area contributed by atoms with Crippen molar-refractivity contribution >= 4 is 11.6 Å². The van der Waals surface area contributed by atoms with Crippen LogP contribution >= 0.6 is 0 Å². The van der Waals surface area contributed by atoms with Gasteiger partial charge in [-0.2, -0.15) is 0 Å². The van der Waals surface area contributed by atoms with Crippen LogP contribution in [0, 0.1) is 5.82 Å². The van der Waals surface area contributed by atoms with Crippen molar-refractivity contribution in [1.82, 2.24) is 9.47 Å². The summed E-state index contributed by atoms with van der Waals surface area (Å²) in [6.07, 6.45) is 3.69. The quantitative estimate of drug-likeness (QED) is 0.846. The highest BCUT2D eigenvalue weighted by molar-refractivity contribution is 5.94. The fourth-order valence-electron chi connectivity index (χ4n) is 2.67. The number of aryl methyl sites for hydroxylation is 1. The smallest absolute Gasteiger partial charge is 0.255 e. The largest absolute Gasteiger partial charge is 0.366 e. The molecule has 110 valence electrons. The van der Waals surface area contributed by atoms with Gasteiger partial charge < -0.3 is 14.4 Å². The maximum absolute atomic E-state index is 13.8. The van der Waals surface area contributed by atoms with Gasteiger partial charge in [-0.25, -0.2) is 4.39 Å². The number of anilines is 1. The van der Waals surface area contributed by atoms with Crippen LogP contribution in [0.1, 0.15) is 10.4 Å². The number of para-hydroxylation sites is 1. The monoisotopic (exact) mass is 287 g/mol. The van der Waals surface area contributed by atoms with Crippen molar-refractivity contribution in [2.45, 2.75) is 0 Å². The molecule has 1 aliphatic heterocycles. The van der Waals surface area contributed by atoms with E-state index in [-0.39, 0.29) is 11.7 Å². The molecule has 2 heterocycles. The lowest BCUT2D eigenvalue weighted by Gasteiger charge is -2.36. The minimum atomic E-state index is -0.208. The van der Waals surface area contributed by atoms with Crippen LogP contribution in [0.25, 0.3) is 0 Å². The Kier molecular flexibility index (Phi) is 3.64. The van der Waals surface area contributed by atoms with Gasteiger partial charge in [-0.15, -0.1) is 0 Å². The van der Waals surface area contributed by atoms with Crippen LogP contribution in [0.4, 0.5) is 10.1 Å². The Hall–Kier alpha value is -2.30. The lowest BCUT2D eigenvalue weighted by Crippen LogP contribution is -2.49. The molecule has 5 heteroatoms. The van der Waals surface area contributed by atoms with Crippen molar-refractivity contribution in [3.63, 3.8) is 0 Å². The van der Waals surface area contributed by atoms with Gasteiger partial charge in [-0.1, -0.05) is 12.1 Å². The first-order valence-electron chi connectivity index (χ1n) is 7.06. The first-order valence-corrected chi connectivity index (χ1v) is 7.06. The summed E-state index contributed by atoms with van der Waals surface area (Å²) in [4.78, 5) is 16.2. The second-order valence-corrected chi connectivity index (χ2v) is 5.30. The lowest BCUT2D eigenvalue weighted by molar-refractivity contribution is 0.0746. The molecule has 1 fully saturated rings. The molecular formula is C16H18FN3O. The van der Waals surface area contributed by atoms with Crippen LogP contribution in [0.3, 0.4) is 0 Å². The van der Waals surface area contributed by atoms with E-state index in [1.165, 1.54) is 6.07 Å². The van der Waals surface area contributed by atoms with Crippen LogP contribution in [0.15, 0.2) is 42.7 Å². The van der Waals surface area contributed by atoms with E-state index in [2.05, 4.69) is 0 Å². The summed E-state index contributed by atoms with van der Waals surface area (Å²) in [5.74, 6) is -0.163. The Labute approximate surface area is 123 Å². The summed E-state index contributed by atoms with van der Waals surface area (Å²) < 4.78 is 15.6. The minimum Gasteiger partial charge on any atom is -0.366 e. The van der Waals surface area contributed by atoms with Crippen molar-refractivity contribution < 1.29 is 9.18 Å². The number of nitrogens with zero attached hydrogens (tertiary/aromatic N) is 3. The van der Waals surface area contributed by atoms with E-state index < -0.39 is 0 Å². The molecule has 1 amide bonds. The molecule has 0 spiro atoms. The van der Waals surface area contributed by atoms with E-state index in [1.807, 2.05) is 45.9 Å². The Balaban J connectivity index is 1.65. The summed E-state index contributed by atoms with van der Waals surface area (Å²) in [6.45, 7) is 2.53. The topological polar surface area (TPSA) is 28.5 Å². The number of rotatable bonds is 2. The van der Waals surface area contributed by atoms with E-state index in [9.17, 15) is 9.18 Å². The number of carbonyl (C=O) groups is 1. The number of aromatic nitrogens is 1. The molecule has 0 bridgehead atoms. The maximum Gasteiger partial charge on any atom is 0.255 e. The fourth-order valence-corrected chi connectivity index (χ4v) is 2.67. The van der Waals surface area contributed by atoms with E-state index in [4.69, 9.17) is 0 Å². The number of hydrogen-bond acceptors (Lipinski definition) is 2. The number of benzene rings is 1. The Morgan fingerprint density at radius 1 is 1.10 bits per heavy atom. The van der Waals surface area contributed by atoms with Gasteiger partial charge in [0.05, 0.1) is 11.3 Å². The number of piperazine rings is 1. The molecule has 0 atom stereocenters. The normalized spacial score (nSPS) is 15.3. The van der Waals surface area contributed by atoms with Crippen molar-refractivity contribution in [1.29, 1.82) is 0 Å². The highest BCUT2D eigenvalue weighted by Gasteiger charge is 2.23. The van der Waals surface area contributed by atoms with E-state index in [0.29, 0.717) is 37.4 Å². The van der Waals surface area contributed by atoms with Crippen LogP contribution in [0.2, 0.25) is 0 Å². The molecule has 0 saturated carbocycles. The zero-order chi connectivity index (χ0) is 14.8. The molecule has 1 aromatic carbocycles. The number of carbonyl (C=O) groups excluding carboxylic acids is 1. The van der Waals surface area contributed by atoms with Crippen LogP contribution in [-0.2, 0) is 7.05 Å². The van der Waals surface area contributed by atoms with Crippen molar-refractivity contribution in [2.75, 3.05) is 31.1 Å². The zero-order valence-corrected chi connectivity index (χ0v) is 12.0. The fraction of sp³-hybridized carbons (Fsp3) is 0.312. The Morgan fingerprint density at radius 2 is 1.81 bits per heavy atom. The molecule has 1 saturated heterocycles. The van der Waals surface area contributed by atoms with E-state index >= 15 is 0 Å². The average Bonchev–Trinajstić information content (AvgIpc) is 2.94.